The van der Waals surface area contributed by atoms with Crippen molar-refractivity contribution in [3.05, 3.63) is 41.5 Å². The highest BCUT2D eigenvalue weighted by Crippen LogP contribution is 2.32. The van der Waals surface area contributed by atoms with Crippen LogP contribution in [0.5, 0.6) is 0 Å². The Labute approximate surface area is 86.1 Å². The van der Waals surface area contributed by atoms with Crippen molar-refractivity contribution < 1.29 is 0 Å². The number of hydrogen-bond donors (Lipinski definition) is 0. The molecular weight excluding hydrogens is 180 g/mol. The Morgan fingerprint density at radius 2 is 2.00 bits per heavy atom. The number of rotatable bonds is 2. The van der Waals surface area contributed by atoms with E-state index in [1.807, 2.05) is 0 Å². The second kappa shape index (κ2) is 4.48. The minimum absolute atomic E-state index is 0. The standard InChI is InChI=1S/C12H14.ClH/c1-2-5-10-8-9-11-6-3-4-7-12(10)11;/h3-4,6-10H,2,5H2,1H3;1H. The molecule has 1 aliphatic rings. The van der Waals surface area contributed by atoms with Crippen LogP contribution in [0.25, 0.3) is 6.08 Å². The molecule has 0 radical (unpaired) electrons. The van der Waals surface area contributed by atoms with E-state index in [9.17, 15) is 0 Å². The number of allylic oxidation sites excluding steroid dienone is 1. The second-order valence-corrected chi connectivity index (χ2v) is 3.38. The summed E-state index contributed by atoms with van der Waals surface area (Å²) in [5, 5.41) is 0. The first-order chi connectivity index (χ1) is 5.92. The molecule has 0 amide bonds. The Kier molecular flexibility index (Phi) is 3.56. The molecule has 0 spiro atoms. The predicted molar refractivity (Wildman–Crippen MR) is 60.4 cm³/mol. The highest BCUT2D eigenvalue weighted by atomic mass is 35.5. The summed E-state index contributed by atoms with van der Waals surface area (Å²) in [4.78, 5) is 0. The summed E-state index contributed by atoms with van der Waals surface area (Å²) in [7, 11) is 0. The van der Waals surface area contributed by atoms with E-state index < -0.39 is 0 Å². The van der Waals surface area contributed by atoms with Gasteiger partial charge in [-0.25, -0.2) is 0 Å². The maximum absolute atomic E-state index is 2.33. The summed E-state index contributed by atoms with van der Waals surface area (Å²) in [6.45, 7) is 2.24. The number of hydrogen-bond acceptors (Lipinski definition) is 0. The third-order valence-corrected chi connectivity index (χ3v) is 2.50. The zero-order valence-electron chi connectivity index (χ0n) is 7.86. The van der Waals surface area contributed by atoms with Gasteiger partial charge in [0.1, 0.15) is 0 Å². The Bertz CT molecular complexity index is 302. The third kappa shape index (κ3) is 1.94. The van der Waals surface area contributed by atoms with Crippen molar-refractivity contribution in [2.75, 3.05) is 0 Å². The van der Waals surface area contributed by atoms with Crippen LogP contribution in [-0.4, -0.2) is 0 Å². The second-order valence-electron chi connectivity index (χ2n) is 3.38. The van der Waals surface area contributed by atoms with Gasteiger partial charge in [-0.05, 0) is 17.5 Å². The molecule has 0 nitrogen and oxygen atoms in total. The third-order valence-electron chi connectivity index (χ3n) is 2.50. The van der Waals surface area contributed by atoms with Crippen LogP contribution in [0.1, 0.15) is 36.8 Å². The van der Waals surface area contributed by atoms with Crippen molar-refractivity contribution in [2.45, 2.75) is 25.7 Å². The first-order valence-corrected chi connectivity index (χ1v) is 4.69. The fraction of sp³-hybridized carbons (Fsp3) is 0.333. The van der Waals surface area contributed by atoms with Crippen LogP contribution in [0.4, 0.5) is 0 Å². The summed E-state index contributed by atoms with van der Waals surface area (Å²) < 4.78 is 0. The average molecular weight is 195 g/mol. The number of benzene rings is 1. The van der Waals surface area contributed by atoms with Crippen molar-refractivity contribution >= 4 is 18.5 Å². The molecule has 0 saturated heterocycles. The molecule has 2 rings (SSSR count). The molecule has 1 atom stereocenters. The molecule has 0 bridgehead atoms. The molecule has 1 heteroatoms. The van der Waals surface area contributed by atoms with Gasteiger partial charge in [-0.1, -0.05) is 49.8 Å². The normalized spacial score (nSPS) is 18.1. The molecule has 0 heterocycles. The van der Waals surface area contributed by atoms with Crippen molar-refractivity contribution in [1.82, 2.24) is 0 Å². The largest absolute Gasteiger partial charge is 0.147 e. The van der Waals surface area contributed by atoms with Crippen molar-refractivity contribution in [3.63, 3.8) is 0 Å². The van der Waals surface area contributed by atoms with Gasteiger partial charge in [0.05, 0.1) is 0 Å². The Balaban J connectivity index is 0.000000845. The van der Waals surface area contributed by atoms with E-state index in [2.05, 4.69) is 43.3 Å². The molecular formula is C12H15Cl. The van der Waals surface area contributed by atoms with Gasteiger partial charge in [0.15, 0.2) is 0 Å². The molecule has 1 aromatic rings. The summed E-state index contributed by atoms with van der Waals surface area (Å²) in [6.07, 6.45) is 7.13. The lowest BCUT2D eigenvalue weighted by molar-refractivity contribution is 0.726. The Morgan fingerprint density at radius 1 is 1.23 bits per heavy atom. The predicted octanol–water partition coefficient (Wildman–Crippen LogP) is 4.02. The van der Waals surface area contributed by atoms with Crippen LogP contribution in [0, 0.1) is 0 Å². The van der Waals surface area contributed by atoms with E-state index in [-0.39, 0.29) is 12.4 Å². The van der Waals surface area contributed by atoms with Gasteiger partial charge in [-0.3, -0.25) is 0 Å². The van der Waals surface area contributed by atoms with Crippen LogP contribution in [0.15, 0.2) is 30.3 Å². The molecule has 0 aromatic heterocycles. The molecule has 0 fully saturated rings. The Hall–Kier alpha value is -0.750. The van der Waals surface area contributed by atoms with Gasteiger partial charge in [0, 0.05) is 5.92 Å². The molecule has 13 heavy (non-hydrogen) atoms. The lowest BCUT2D eigenvalue weighted by Crippen LogP contribution is -1.91. The molecule has 70 valence electrons. The van der Waals surface area contributed by atoms with Gasteiger partial charge in [-0.15, -0.1) is 12.4 Å². The highest BCUT2D eigenvalue weighted by Gasteiger charge is 2.14. The van der Waals surface area contributed by atoms with Crippen LogP contribution >= 0.6 is 12.4 Å². The molecule has 0 saturated carbocycles. The van der Waals surface area contributed by atoms with E-state index >= 15 is 0 Å². The molecule has 1 unspecified atom stereocenters. The van der Waals surface area contributed by atoms with Crippen molar-refractivity contribution in [1.29, 1.82) is 0 Å². The minimum atomic E-state index is 0. The zero-order chi connectivity index (χ0) is 8.39. The van der Waals surface area contributed by atoms with Crippen molar-refractivity contribution in [3.8, 4) is 0 Å². The lowest BCUT2D eigenvalue weighted by Gasteiger charge is -2.08. The van der Waals surface area contributed by atoms with Crippen LogP contribution < -0.4 is 0 Å². The van der Waals surface area contributed by atoms with E-state index in [4.69, 9.17) is 0 Å². The SMILES string of the molecule is CCCC1C=Cc2ccccc21.Cl. The summed E-state index contributed by atoms with van der Waals surface area (Å²) >= 11 is 0. The smallest absolute Gasteiger partial charge is 0.00271 e. The number of fused-ring (bicyclic) bond motifs is 1. The maximum Gasteiger partial charge on any atom is 0.00271 e. The van der Waals surface area contributed by atoms with Crippen LogP contribution in [0.2, 0.25) is 0 Å². The topological polar surface area (TPSA) is 0 Å². The monoisotopic (exact) mass is 194 g/mol. The first-order valence-electron chi connectivity index (χ1n) is 4.69. The summed E-state index contributed by atoms with van der Waals surface area (Å²) in [5.41, 5.74) is 2.93. The van der Waals surface area contributed by atoms with E-state index in [0.717, 1.165) is 0 Å². The zero-order valence-corrected chi connectivity index (χ0v) is 8.68. The quantitative estimate of drug-likeness (QED) is 0.667. The van der Waals surface area contributed by atoms with E-state index in [0.29, 0.717) is 5.92 Å². The van der Waals surface area contributed by atoms with E-state index in [1.54, 1.807) is 0 Å². The summed E-state index contributed by atoms with van der Waals surface area (Å²) in [6, 6.07) is 8.68. The Morgan fingerprint density at radius 3 is 2.77 bits per heavy atom. The fourth-order valence-electron chi connectivity index (χ4n) is 1.89. The van der Waals surface area contributed by atoms with Gasteiger partial charge in [-0.2, -0.15) is 0 Å². The van der Waals surface area contributed by atoms with Gasteiger partial charge in [0.25, 0.3) is 0 Å². The number of halogens is 1. The maximum atomic E-state index is 2.33. The van der Waals surface area contributed by atoms with Crippen molar-refractivity contribution in [2.24, 2.45) is 0 Å². The van der Waals surface area contributed by atoms with Gasteiger partial charge >= 0.3 is 0 Å². The molecule has 0 aliphatic heterocycles. The molecule has 0 N–H and O–H groups in total. The first kappa shape index (κ1) is 10.3. The summed E-state index contributed by atoms with van der Waals surface area (Å²) in [5.74, 6) is 0.686. The van der Waals surface area contributed by atoms with Crippen LogP contribution in [-0.2, 0) is 0 Å². The van der Waals surface area contributed by atoms with Gasteiger partial charge < -0.3 is 0 Å². The minimum Gasteiger partial charge on any atom is -0.147 e. The molecule has 1 aromatic carbocycles. The average Bonchev–Trinajstić information content (AvgIpc) is 2.50. The molecule has 1 aliphatic carbocycles. The fourth-order valence-corrected chi connectivity index (χ4v) is 1.89. The van der Waals surface area contributed by atoms with E-state index in [1.165, 1.54) is 24.0 Å². The van der Waals surface area contributed by atoms with Gasteiger partial charge in [0.2, 0.25) is 0 Å². The highest BCUT2D eigenvalue weighted by molar-refractivity contribution is 5.85. The van der Waals surface area contributed by atoms with Crippen LogP contribution in [0.3, 0.4) is 0 Å². The lowest BCUT2D eigenvalue weighted by atomic mass is 9.97.